The third-order valence-corrected chi connectivity index (χ3v) is 5.26. The van der Waals surface area contributed by atoms with Crippen LogP contribution in [0.4, 0.5) is 5.69 Å². The smallest absolute Gasteiger partial charge is 0.263 e. The molecule has 1 atom stereocenters. The summed E-state index contributed by atoms with van der Waals surface area (Å²) in [7, 11) is -3.52. The Kier molecular flexibility index (Phi) is 5.34. The van der Waals surface area contributed by atoms with E-state index in [0.29, 0.717) is 11.4 Å². The Labute approximate surface area is 157 Å². The number of sulfonamides is 1. The predicted molar refractivity (Wildman–Crippen MR) is 104 cm³/mol. The molecule has 1 aromatic rings. The topological polar surface area (TPSA) is 75.7 Å². The van der Waals surface area contributed by atoms with Crippen LogP contribution in [0, 0.1) is 12.3 Å². The lowest BCUT2D eigenvalue weighted by molar-refractivity contribution is -0.129. The summed E-state index contributed by atoms with van der Waals surface area (Å²) in [6.07, 6.45) is 1.03. The number of amides is 1. The monoisotopic (exact) mass is 382 g/mol. The summed E-state index contributed by atoms with van der Waals surface area (Å²) in [5, 5.41) is 3.01. The molecule has 0 radical (unpaired) electrons. The van der Waals surface area contributed by atoms with Gasteiger partial charge in [0.05, 0.1) is 18.5 Å². The highest BCUT2D eigenvalue weighted by atomic mass is 32.2. The number of hydrogen-bond acceptors (Lipinski definition) is 4. The zero-order valence-corrected chi connectivity index (χ0v) is 17.5. The van der Waals surface area contributed by atoms with Crippen molar-refractivity contribution in [3.05, 3.63) is 23.8 Å². The summed E-state index contributed by atoms with van der Waals surface area (Å²) >= 11 is 0. The van der Waals surface area contributed by atoms with Crippen molar-refractivity contribution in [1.29, 1.82) is 0 Å². The van der Waals surface area contributed by atoms with Gasteiger partial charge in [0.2, 0.25) is 10.0 Å². The third-order valence-electron chi connectivity index (χ3n) is 4.11. The first-order valence-electron chi connectivity index (χ1n) is 8.75. The molecule has 1 heterocycles. The summed E-state index contributed by atoms with van der Waals surface area (Å²) < 4.78 is 31.5. The molecule has 1 aromatic carbocycles. The number of fused-ring (bicyclic) bond motifs is 1. The zero-order chi connectivity index (χ0) is 19.9. The number of carbonyl (C=O) groups is 1. The molecule has 0 bridgehead atoms. The van der Waals surface area contributed by atoms with Crippen molar-refractivity contribution in [2.24, 2.45) is 5.41 Å². The first-order chi connectivity index (χ1) is 11.7. The van der Waals surface area contributed by atoms with Crippen molar-refractivity contribution in [2.45, 2.75) is 59.6 Å². The average molecular weight is 383 g/mol. The summed E-state index contributed by atoms with van der Waals surface area (Å²) in [5.41, 5.74) is 1.02. The average Bonchev–Trinajstić information content (AvgIpc) is 2.41. The second-order valence-corrected chi connectivity index (χ2v) is 10.9. The number of anilines is 1. The van der Waals surface area contributed by atoms with Crippen molar-refractivity contribution in [1.82, 2.24) is 5.32 Å². The molecule has 1 N–H and O–H groups in total. The van der Waals surface area contributed by atoms with E-state index >= 15 is 0 Å². The Balaban J connectivity index is 2.27. The maximum absolute atomic E-state index is 12.8. The normalized spacial score (nSPS) is 18.1. The minimum absolute atomic E-state index is 0.0354. The van der Waals surface area contributed by atoms with Gasteiger partial charge in [0, 0.05) is 5.54 Å². The van der Waals surface area contributed by atoms with Crippen molar-refractivity contribution >= 4 is 21.6 Å². The van der Waals surface area contributed by atoms with Crippen LogP contribution in [0.15, 0.2) is 18.2 Å². The van der Waals surface area contributed by atoms with Crippen LogP contribution < -0.4 is 14.4 Å². The number of nitrogens with one attached hydrogen (secondary N) is 1. The number of ether oxygens (including phenoxy) is 1. The van der Waals surface area contributed by atoms with Gasteiger partial charge in [0.1, 0.15) is 5.75 Å². The van der Waals surface area contributed by atoms with Gasteiger partial charge in [-0.1, -0.05) is 26.8 Å². The molecule has 2 rings (SSSR count). The predicted octanol–water partition coefficient (Wildman–Crippen LogP) is 2.85. The van der Waals surface area contributed by atoms with E-state index in [4.69, 9.17) is 4.74 Å². The summed E-state index contributed by atoms with van der Waals surface area (Å²) in [6.45, 7) is 12.1. The third kappa shape index (κ3) is 5.13. The van der Waals surface area contributed by atoms with E-state index in [2.05, 4.69) is 26.1 Å². The zero-order valence-electron chi connectivity index (χ0n) is 16.7. The van der Waals surface area contributed by atoms with E-state index in [0.717, 1.165) is 18.2 Å². The molecule has 146 valence electrons. The Morgan fingerprint density at radius 2 is 1.88 bits per heavy atom. The lowest BCUT2D eigenvalue weighted by Gasteiger charge is -2.37. The molecule has 26 heavy (non-hydrogen) atoms. The Hall–Kier alpha value is -1.76. The number of benzene rings is 1. The highest BCUT2D eigenvalue weighted by Gasteiger charge is 2.37. The molecule has 0 fully saturated rings. The van der Waals surface area contributed by atoms with Crippen LogP contribution in [0.3, 0.4) is 0 Å². The van der Waals surface area contributed by atoms with Crippen molar-refractivity contribution < 1.29 is 17.9 Å². The number of rotatable bonds is 4. The van der Waals surface area contributed by atoms with Gasteiger partial charge in [-0.3, -0.25) is 9.10 Å². The van der Waals surface area contributed by atoms with Crippen LogP contribution in [0.1, 0.15) is 46.6 Å². The van der Waals surface area contributed by atoms with Gasteiger partial charge in [-0.25, -0.2) is 8.42 Å². The lowest BCUT2D eigenvalue weighted by Crippen LogP contribution is -2.55. The number of carbonyl (C=O) groups excluding carboxylic acids is 1. The molecular formula is C19H30N2O4S. The fourth-order valence-corrected chi connectivity index (χ4v) is 4.51. The van der Waals surface area contributed by atoms with Gasteiger partial charge >= 0.3 is 0 Å². The van der Waals surface area contributed by atoms with Gasteiger partial charge in [-0.05, 0) is 50.3 Å². The molecular weight excluding hydrogens is 352 g/mol. The first kappa shape index (κ1) is 20.6. The van der Waals surface area contributed by atoms with Crippen LogP contribution in [-0.4, -0.2) is 38.8 Å². The summed E-state index contributed by atoms with van der Waals surface area (Å²) in [6, 6.07) is 5.30. The van der Waals surface area contributed by atoms with Crippen molar-refractivity contribution in [2.75, 3.05) is 17.1 Å². The van der Waals surface area contributed by atoms with Gasteiger partial charge < -0.3 is 10.1 Å². The second kappa shape index (κ2) is 6.76. The van der Waals surface area contributed by atoms with E-state index < -0.39 is 21.7 Å². The van der Waals surface area contributed by atoms with Gasteiger partial charge in [0.15, 0.2) is 6.10 Å². The molecule has 6 nitrogen and oxygen atoms in total. The van der Waals surface area contributed by atoms with Crippen molar-refractivity contribution in [3.63, 3.8) is 0 Å². The highest BCUT2D eigenvalue weighted by Crippen LogP contribution is 2.36. The summed E-state index contributed by atoms with van der Waals surface area (Å²) in [4.78, 5) is 12.8. The van der Waals surface area contributed by atoms with Crippen LogP contribution in [-0.2, 0) is 14.8 Å². The molecule has 1 amide bonds. The van der Waals surface area contributed by atoms with Crippen LogP contribution >= 0.6 is 0 Å². The molecule has 1 aliphatic rings. The summed E-state index contributed by atoms with van der Waals surface area (Å²) in [5.74, 6) is 0.107. The SMILES string of the molecule is Cc1ccc2c(c1)O[C@@H](C(=O)NC(C)(C)CC(C)(C)C)CN2S(C)(=O)=O. The minimum atomic E-state index is -3.52. The van der Waals surface area contributed by atoms with Gasteiger partial charge in [-0.2, -0.15) is 0 Å². The number of hydrogen-bond donors (Lipinski definition) is 1. The molecule has 0 saturated heterocycles. The maximum Gasteiger partial charge on any atom is 0.263 e. The molecule has 1 aliphatic heterocycles. The Morgan fingerprint density at radius 3 is 2.42 bits per heavy atom. The fourth-order valence-electron chi connectivity index (χ4n) is 3.60. The second-order valence-electron chi connectivity index (χ2n) is 8.98. The number of nitrogens with zero attached hydrogens (tertiary/aromatic N) is 1. The molecule has 0 spiro atoms. The van der Waals surface area contributed by atoms with Gasteiger partial charge in [-0.15, -0.1) is 0 Å². The highest BCUT2D eigenvalue weighted by molar-refractivity contribution is 7.92. The van der Waals surface area contributed by atoms with E-state index in [1.165, 1.54) is 4.31 Å². The van der Waals surface area contributed by atoms with Crippen LogP contribution in [0.25, 0.3) is 0 Å². The van der Waals surface area contributed by atoms with E-state index in [1.54, 1.807) is 12.1 Å². The van der Waals surface area contributed by atoms with E-state index in [9.17, 15) is 13.2 Å². The van der Waals surface area contributed by atoms with Crippen LogP contribution in [0.2, 0.25) is 0 Å². The fraction of sp³-hybridized carbons (Fsp3) is 0.632. The number of aryl methyl sites for hydroxylation is 1. The maximum atomic E-state index is 12.8. The van der Waals surface area contributed by atoms with Gasteiger partial charge in [0.25, 0.3) is 5.91 Å². The Morgan fingerprint density at radius 1 is 1.27 bits per heavy atom. The minimum Gasteiger partial charge on any atom is -0.476 e. The largest absolute Gasteiger partial charge is 0.476 e. The molecule has 0 unspecified atom stereocenters. The Bertz CT molecular complexity index is 794. The first-order valence-corrected chi connectivity index (χ1v) is 10.6. The van der Waals surface area contributed by atoms with Crippen molar-refractivity contribution in [3.8, 4) is 5.75 Å². The quantitative estimate of drug-likeness (QED) is 0.869. The lowest BCUT2D eigenvalue weighted by atomic mass is 9.81. The van der Waals surface area contributed by atoms with Crippen LogP contribution in [0.5, 0.6) is 5.75 Å². The molecule has 0 aromatic heterocycles. The molecule has 7 heteroatoms. The standard InChI is InChI=1S/C19H30N2O4S/c1-13-8-9-14-15(10-13)25-16(11-21(14)26(7,23)24)17(22)20-19(5,6)12-18(2,3)4/h8-10,16H,11-12H2,1-7H3,(H,20,22)/t16-/m1/s1. The molecule has 0 saturated carbocycles. The molecule has 0 aliphatic carbocycles. The van der Waals surface area contributed by atoms with E-state index in [-0.39, 0.29) is 17.9 Å². The van der Waals surface area contributed by atoms with E-state index in [1.807, 2.05) is 26.8 Å².